The molecule has 0 saturated heterocycles. The van der Waals surface area contributed by atoms with Gasteiger partial charge in [0.25, 0.3) is 0 Å². The standard InChI is InChI=1S/C12H15ClO2/c1-14-11-4-2-3-10(7-13)12(11)15-8-9-5-6-9/h2-4,9H,5-8H2,1H3. The van der Waals surface area contributed by atoms with E-state index in [0.717, 1.165) is 29.6 Å². The Morgan fingerprint density at radius 3 is 2.80 bits per heavy atom. The van der Waals surface area contributed by atoms with Crippen LogP contribution in [0.15, 0.2) is 18.2 Å². The monoisotopic (exact) mass is 226 g/mol. The fraction of sp³-hybridized carbons (Fsp3) is 0.500. The molecule has 0 spiro atoms. The third kappa shape index (κ3) is 2.57. The van der Waals surface area contributed by atoms with Crippen molar-refractivity contribution in [3.05, 3.63) is 23.8 Å². The molecule has 0 unspecified atom stereocenters. The second-order valence-electron chi connectivity index (χ2n) is 3.84. The third-order valence-corrected chi connectivity index (χ3v) is 2.87. The van der Waals surface area contributed by atoms with Crippen LogP contribution >= 0.6 is 11.6 Å². The molecule has 1 fully saturated rings. The van der Waals surface area contributed by atoms with E-state index in [0.29, 0.717) is 5.88 Å². The number of benzene rings is 1. The predicted molar refractivity (Wildman–Crippen MR) is 60.8 cm³/mol. The summed E-state index contributed by atoms with van der Waals surface area (Å²) in [5.74, 6) is 2.77. The fourth-order valence-corrected chi connectivity index (χ4v) is 1.69. The highest BCUT2D eigenvalue weighted by Crippen LogP contribution is 2.35. The molecule has 0 aromatic heterocycles. The Kier molecular flexibility index (Phi) is 3.37. The fourth-order valence-electron chi connectivity index (χ4n) is 1.48. The van der Waals surface area contributed by atoms with Gasteiger partial charge in [-0.3, -0.25) is 0 Å². The molecule has 1 aliphatic rings. The van der Waals surface area contributed by atoms with Crippen LogP contribution in [-0.4, -0.2) is 13.7 Å². The van der Waals surface area contributed by atoms with Gasteiger partial charge in [-0.05, 0) is 24.8 Å². The maximum Gasteiger partial charge on any atom is 0.165 e. The van der Waals surface area contributed by atoms with Gasteiger partial charge < -0.3 is 9.47 Å². The minimum Gasteiger partial charge on any atom is -0.493 e. The maximum absolute atomic E-state index is 5.86. The van der Waals surface area contributed by atoms with Crippen LogP contribution in [0.1, 0.15) is 18.4 Å². The Hall–Kier alpha value is -0.890. The van der Waals surface area contributed by atoms with Crippen LogP contribution < -0.4 is 9.47 Å². The summed E-state index contributed by atoms with van der Waals surface area (Å²) in [5.41, 5.74) is 0.997. The highest BCUT2D eigenvalue weighted by molar-refractivity contribution is 6.17. The zero-order valence-electron chi connectivity index (χ0n) is 8.83. The first-order valence-electron chi connectivity index (χ1n) is 5.19. The van der Waals surface area contributed by atoms with Gasteiger partial charge in [-0.2, -0.15) is 0 Å². The zero-order chi connectivity index (χ0) is 10.7. The number of methoxy groups -OCH3 is 1. The third-order valence-electron chi connectivity index (χ3n) is 2.58. The highest BCUT2D eigenvalue weighted by atomic mass is 35.5. The van der Waals surface area contributed by atoms with Gasteiger partial charge in [0.05, 0.1) is 19.6 Å². The molecule has 2 nitrogen and oxygen atoms in total. The van der Waals surface area contributed by atoms with Crippen molar-refractivity contribution in [1.82, 2.24) is 0 Å². The van der Waals surface area contributed by atoms with Crippen molar-refractivity contribution in [3.63, 3.8) is 0 Å². The quantitative estimate of drug-likeness (QED) is 0.718. The smallest absolute Gasteiger partial charge is 0.165 e. The van der Waals surface area contributed by atoms with Gasteiger partial charge in [0.1, 0.15) is 0 Å². The van der Waals surface area contributed by atoms with E-state index in [2.05, 4.69) is 0 Å². The van der Waals surface area contributed by atoms with Gasteiger partial charge in [0, 0.05) is 5.56 Å². The van der Waals surface area contributed by atoms with Gasteiger partial charge in [0.2, 0.25) is 0 Å². The number of hydrogen-bond donors (Lipinski definition) is 0. The summed E-state index contributed by atoms with van der Waals surface area (Å²) in [6.07, 6.45) is 2.57. The molecule has 2 rings (SSSR count). The Balaban J connectivity index is 2.15. The van der Waals surface area contributed by atoms with Crippen molar-refractivity contribution in [2.45, 2.75) is 18.7 Å². The molecule has 0 bridgehead atoms. The van der Waals surface area contributed by atoms with Crippen molar-refractivity contribution in [2.75, 3.05) is 13.7 Å². The predicted octanol–water partition coefficient (Wildman–Crippen LogP) is 3.22. The Morgan fingerprint density at radius 2 is 2.20 bits per heavy atom. The first-order valence-corrected chi connectivity index (χ1v) is 5.73. The molecule has 3 heteroatoms. The average molecular weight is 227 g/mol. The molecule has 0 N–H and O–H groups in total. The summed E-state index contributed by atoms with van der Waals surface area (Å²) >= 11 is 5.86. The van der Waals surface area contributed by atoms with Crippen LogP contribution in [0.5, 0.6) is 11.5 Å². The van der Waals surface area contributed by atoms with Crippen molar-refractivity contribution < 1.29 is 9.47 Å². The first kappa shape index (κ1) is 10.6. The summed E-state index contributed by atoms with van der Waals surface area (Å²) in [6, 6.07) is 5.80. The topological polar surface area (TPSA) is 18.5 Å². The van der Waals surface area contributed by atoms with E-state index in [4.69, 9.17) is 21.1 Å². The summed E-state index contributed by atoms with van der Waals surface area (Å²) < 4.78 is 11.0. The largest absolute Gasteiger partial charge is 0.493 e. The second-order valence-corrected chi connectivity index (χ2v) is 4.10. The number of halogens is 1. The van der Waals surface area contributed by atoms with Gasteiger partial charge >= 0.3 is 0 Å². The van der Waals surface area contributed by atoms with Crippen LogP contribution in [0.25, 0.3) is 0 Å². The van der Waals surface area contributed by atoms with Crippen LogP contribution in [0, 0.1) is 5.92 Å². The number of hydrogen-bond acceptors (Lipinski definition) is 2. The summed E-state index contributed by atoms with van der Waals surface area (Å²) in [4.78, 5) is 0. The molecule has 0 radical (unpaired) electrons. The number of ether oxygens (including phenoxy) is 2. The summed E-state index contributed by atoms with van der Waals surface area (Å²) in [7, 11) is 1.65. The van der Waals surface area contributed by atoms with Gasteiger partial charge in [-0.1, -0.05) is 12.1 Å². The zero-order valence-corrected chi connectivity index (χ0v) is 9.59. The van der Waals surface area contributed by atoms with E-state index >= 15 is 0 Å². The van der Waals surface area contributed by atoms with E-state index in [1.165, 1.54) is 12.8 Å². The Morgan fingerprint density at radius 1 is 1.40 bits per heavy atom. The molecule has 0 heterocycles. The van der Waals surface area contributed by atoms with Crippen molar-refractivity contribution >= 4 is 11.6 Å². The van der Waals surface area contributed by atoms with Crippen molar-refractivity contribution in [2.24, 2.45) is 5.92 Å². The van der Waals surface area contributed by atoms with Gasteiger partial charge in [0.15, 0.2) is 11.5 Å². The first-order chi connectivity index (χ1) is 7.35. The van der Waals surface area contributed by atoms with Crippen molar-refractivity contribution in [3.8, 4) is 11.5 Å². The lowest BCUT2D eigenvalue weighted by Gasteiger charge is -2.13. The molecule has 1 aromatic rings. The van der Waals surface area contributed by atoms with Crippen LogP contribution in [0.2, 0.25) is 0 Å². The van der Waals surface area contributed by atoms with Crippen LogP contribution in [-0.2, 0) is 5.88 Å². The SMILES string of the molecule is COc1cccc(CCl)c1OCC1CC1. The summed E-state index contributed by atoms with van der Waals surface area (Å²) in [5, 5.41) is 0. The maximum atomic E-state index is 5.86. The minimum atomic E-state index is 0.456. The summed E-state index contributed by atoms with van der Waals surface area (Å²) in [6.45, 7) is 0.782. The van der Waals surface area contributed by atoms with Gasteiger partial charge in [-0.25, -0.2) is 0 Å². The van der Waals surface area contributed by atoms with E-state index in [9.17, 15) is 0 Å². The number of rotatable bonds is 5. The Bertz CT molecular complexity index is 312. The molecular weight excluding hydrogens is 212 g/mol. The van der Waals surface area contributed by atoms with E-state index in [1.807, 2.05) is 18.2 Å². The number of alkyl halides is 1. The molecule has 15 heavy (non-hydrogen) atoms. The molecule has 82 valence electrons. The lowest BCUT2D eigenvalue weighted by atomic mass is 10.2. The molecule has 0 aliphatic heterocycles. The average Bonchev–Trinajstić information content (AvgIpc) is 3.09. The lowest BCUT2D eigenvalue weighted by Crippen LogP contribution is -2.03. The van der Waals surface area contributed by atoms with E-state index in [1.54, 1.807) is 7.11 Å². The van der Waals surface area contributed by atoms with Crippen LogP contribution in [0.4, 0.5) is 0 Å². The molecule has 1 aromatic carbocycles. The number of para-hydroxylation sites is 1. The Labute approximate surface area is 95.1 Å². The highest BCUT2D eigenvalue weighted by Gasteiger charge is 2.23. The molecule has 0 atom stereocenters. The molecule has 1 saturated carbocycles. The van der Waals surface area contributed by atoms with Crippen molar-refractivity contribution in [1.29, 1.82) is 0 Å². The van der Waals surface area contributed by atoms with E-state index < -0.39 is 0 Å². The minimum absolute atomic E-state index is 0.456. The lowest BCUT2D eigenvalue weighted by molar-refractivity contribution is 0.278. The van der Waals surface area contributed by atoms with Gasteiger partial charge in [-0.15, -0.1) is 11.6 Å². The second kappa shape index (κ2) is 4.75. The van der Waals surface area contributed by atoms with E-state index in [-0.39, 0.29) is 0 Å². The normalized spacial score (nSPS) is 15.1. The molecular formula is C12H15ClO2. The van der Waals surface area contributed by atoms with Crippen LogP contribution in [0.3, 0.4) is 0 Å². The molecule has 0 amide bonds. The molecule has 1 aliphatic carbocycles.